The summed E-state index contributed by atoms with van der Waals surface area (Å²) in [6.07, 6.45) is 0.934. The number of likely N-dealkylation sites (N-methyl/N-ethyl adjacent to an activating group) is 1. The van der Waals surface area contributed by atoms with Crippen LogP contribution in [0.5, 0.6) is 11.5 Å². The summed E-state index contributed by atoms with van der Waals surface area (Å²) in [5, 5.41) is 5.07. The van der Waals surface area contributed by atoms with Crippen molar-refractivity contribution >= 4 is 16.7 Å². The van der Waals surface area contributed by atoms with Gasteiger partial charge in [0.25, 0.3) is 5.91 Å². The van der Waals surface area contributed by atoms with Crippen LogP contribution in [0, 0.1) is 0 Å². The van der Waals surface area contributed by atoms with Crippen LogP contribution in [0.4, 0.5) is 0 Å². The minimum atomic E-state index is -0.119. The van der Waals surface area contributed by atoms with E-state index in [1.54, 1.807) is 0 Å². The van der Waals surface area contributed by atoms with Gasteiger partial charge in [-0.1, -0.05) is 42.5 Å². The SMILES string of the molecule is CCOc1ccc2ccccc2c1C(=O)NCC(c1ccc2c(c1)CCO2)N(C)C. The van der Waals surface area contributed by atoms with Crippen molar-refractivity contribution in [3.63, 3.8) is 0 Å². The van der Waals surface area contributed by atoms with Crippen molar-refractivity contribution in [3.8, 4) is 11.5 Å². The van der Waals surface area contributed by atoms with Crippen molar-refractivity contribution in [2.45, 2.75) is 19.4 Å². The average Bonchev–Trinajstić information content (AvgIpc) is 3.21. The van der Waals surface area contributed by atoms with E-state index in [4.69, 9.17) is 9.47 Å². The highest BCUT2D eigenvalue weighted by molar-refractivity contribution is 6.09. The predicted octanol–water partition coefficient (Wildman–Crippen LogP) is 4.21. The number of ether oxygens (including phenoxy) is 2. The molecule has 0 aromatic heterocycles. The Balaban J connectivity index is 1.59. The van der Waals surface area contributed by atoms with Crippen molar-refractivity contribution in [2.75, 3.05) is 33.9 Å². The number of nitrogens with one attached hydrogen (secondary N) is 1. The molecule has 1 unspecified atom stereocenters. The first kappa shape index (κ1) is 20.2. The molecular formula is C25H28N2O3. The van der Waals surface area contributed by atoms with Gasteiger partial charge in [0.2, 0.25) is 0 Å². The topological polar surface area (TPSA) is 50.8 Å². The number of hydrogen-bond acceptors (Lipinski definition) is 4. The Hall–Kier alpha value is -3.05. The van der Waals surface area contributed by atoms with Crippen LogP contribution in [0.3, 0.4) is 0 Å². The quantitative estimate of drug-likeness (QED) is 0.641. The van der Waals surface area contributed by atoms with Crippen molar-refractivity contribution < 1.29 is 14.3 Å². The lowest BCUT2D eigenvalue weighted by molar-refractivity contribution is 0.0940. The van der Waals surface area contributed by atoms with Gasteiger partial charge >= 0.3 is 0 Å². The van der Waals surface area contributed by atoms with E-state index in [-0.39, 0.29) is 11.9 Å². The van der Waals surface area contributed by atoms with E-state index >= 15 is 0 Å². The lowest BCUT2D eigenvalue weighted by Gasteiger charge is -2.26. The highest BCUT2D eigenvalue weighted by Crippen LogP contribution is 2.31. The molecule has 0 fully saturated rings. The summed E-state index contributed by atoms with van der Waals surface area (Å²) >= 11 is 0. The smallest absolute Gasteiger partial charge is 0.255 e. The molecule has 30 heavy (non-hydrogen) atoms. The van der Waals surface area contributed by atoms with Crippen LogP contribution in [0.1, 0.15) is 34.5 Å². The van der Waals surface area contributed by atoms with E-state index in [2.05, 4.69) is 22.3 Å². The van der Waals surface area contributed by atoms with Gasteiger partial charge in [0.05, 0.1) is 24.8 Å². The van der Waals surface area contributed by atoms with Gasteiger partial charge in [0.1, 0.15) is 11.5 Å². The minimum Gasteiger partial charge on any atom is -0.493 e. The van der Waals surface area contributed by atoms with Crippen LogP contribution < -0.4 is 14.8 Å². The van der Waals surface area contributed by atoms with E-state index in [0.29, 0.717) is 24.5 Å². The molecule has 0 saturated heterocycles. The Kier molecular flexibility index (Phi) is 5.91. The predicted molar refractivity (Wildman–Crippen MR) is 120 cm³/mol. The van der Waals surface area contributed by atoms with Crippen LogP contribution in [0.25, 0.3) is 10.8 Å². The number of rotatable bonds is 7. The number of benzene rings is 3. The zero-order chi connectivity index (χ0) is 21.1. The number of hydrogen-bond donors (Lipinski definition) is 1. The highest BCUT2D eigenvalue weighted by atomic mass is 16.5. The van der Waals surface area contributed by atoms with Crippen LogP contribution in [0.2, 0.25) is 0 Å². The van der Waals surface area contributed by atoms with E-state index in [0.717, 1.165) is 29.5 Å². The Bertz CT molecular complexity index is 1060. The molecule has 156 valence electrons. The molecule has 3 aromatic carbocycles. The Labute approximate surface area is 177 Å². The fourth-order valence-electron chi connectivity index (χ4n) is 4.05. The van der Waals surface area contributed by atoms with E-state index in [1.807, 2.05) is 63.5 Å². The average molecular weight is 405 g/mol. The molecular weight excluding hydrogens is 376 g/mol. The molecule has 0 aliphatic carbocycles. The first-order chi connectivity index (χ1) is 14.6. The lowest BCUT2D eigenvalue weighted by Crippen LogP contribution is -2.34. The van der Waals surface area contributed by atoms with E-state index in [9.17, 15) is 4.79 Å². The van der Waals surface area contributed by atoms with Gasteiger partial charge in [0.15, 0.2) is 0 Å². The van der Waals surface area contributed by atoms with Crippen LogP contribution in [-0.4, -0.2) is 44.7 Å². The molecule has 1 amide bonds. The summed E-state index contributed by atoms with van der Waals surface area (Å²) in [6, 6.07) is 18.2. The van der Waals surface area contributed by atoms with Gasteiger partial charge in [-0.05, 0) is 55.1 Å². The number of carbonyl (C=O) groups excluding carboxylic acids is 1. The molecule has 3 aromatic rings. The maximum Gasteiger partial charge on any atom is 0.255 e. The van der Waals surface area contributed by atoms with Crippen molar-refractivity contribution in [1.82, 2.24) is 10.2 Å². The monoisotopic (exact) mass is 404 g/mol. The van der Waals surface area contributed by atoms with Crippen LogP contribution >= 0.6 is 0 Å². The minimum absolute atomic E-state index is 0.0605. The molecule has 0 radical (unpaired) electrons. The molecule has 0 spiro atoms. The molecule has 0 bridgehead atoms. The third kappa shape index (κ3) is 3.98. The molecule has 1 heterocycles. The molecule has 0 saturated carbocycles. The van der Waals surface area contributed by atoms with Gasteiger partial charge in [-0.3, -0.25) is 4.79 Å². The maximum absolute atomic E-state index is 13.3. The maximum atomic E-state index is 13.3. The summed E-state index contributed by atoms with van der Waals surface area (Å²) < 4.78 is 11.4. The van der Waals surface area contributed by atoms with Gasteiger partial charge in [-0.15, -0.1) is 0 Å². The Morgan fingerprint density at radius 2 is 2.00 bits per heavy atom. The highest BCUT2D eigenvalue weighted by Gasteiger charge is 2.22. The molecule has 5 nitrogen and oxygen atoms in total. The molecule has 1 N–H and O–H groups in total. The van der Waals surface area contributed by atoms with Gasteiger partial charge in [0, 0.05) is 13.0 Å². The molecule has 1 aliphatic rings. The van der Waals surface area contributed by atoms with Crippen molar-refractivity contribution in [1.29, 1.82) is 0 Å². The van der Waals surface area contributed by atoms with Gasteiger partial charge in [-0.2, -0.15) is 0 Å². The van der Waals surface area contributed by atoms with Crippen LogP contribution in [-0.2, 0) is 6.42 Å². The fourth-order valence-corrected chi connectivity index (χ4v) is 4.05. The number of amides is 1. The largest absolute Gasteiger partial charge is 0.493 e. The van der Waals surface area contributed by atoms with E-state index in [1.165, 1.54) is 11.1 Å². The molecule has 1 aliphatic heterocycles. The summed E-state index contributed by atoms with van der Waals surface area (Å²) in [5.74, 6) is 1.47. The van der Waals surface area contributed by atoms with Gasteiger partial charge in [-0.25, -0.2) is 0 Å². The zero-order valence-electron chi connectivity index (χ0n) is 17.8. The van der Waals surface area contributed by atoms with E-state index < -0.39 is 0 Å². The number of nitrogens with zero attached hydrogens (tertiary/aromatic N) is 1. The Morgan fingerprint density at radius 3 is 2.80 bits per heavy atom. The van der Waals surface area contributed by atoms with Gasteiger partial charge < -0.3 is 19.7 Å². The third-order valence-electron chi connectivity index (χ3n) is 5.60. The summed E-state index contributed by atoms with van der Waals surface area (Å²) in [6.45, 7) is 3.68. The molecule has 5 heteroatoms. The third-order valence-corrected chi connectivity index (χ3v) is 5.60. The standard InChI is InChI=1S/C25H28N2O3/c1-4-29-23-12-9-17-7-5-6-8-20(17)24(23)25(28)26-16-21(27(2)3)18-10-11-22-19(15-18)13-14-30-22/h5-12,15,21H,4,13-14,16H2,1-3H3,(H,26,28). The number of fused-ring (bicyclic) bond motifs is 2. The van der Waals surface area contributed by atoms with Crippen LogP contribution in [0.15, 0.2) is 54.6 Å². The second-order valence-corrected chi connectivity index (χ2v) is 7.75. The van der Waals surface area contributed by atoms with Crippen molar-refractivity contribution in [2.24, 2.45) is 0 Å². The lowest BCUT2D eigenvalue weighted by atomic mass is 10.0. The second kappa shape index (κ2) is 8.76. The second-order valence-electron chi connectivity index (χ2n) is 7.75. The molecule has 1 atom stereocenters. The first-order valence-corrected chi connectivity index (χ1v) is 10.4. The summed E-state index contributed by atoms with van der Waals surface area (Å²) in [7, 11) is 4.06. The summed E-state index contributed by atoms with van der Waals surface area (Å²) in [4.78, 5) is 15.4. The normalized spacial score (nSPS) is 13.7. The number of carbonyl (C=O) groups is 1. The summed E-state index contributed by atoms with van der Waals surface area (Å²) in [5.41, 5.74) is 3.00. The fraction of sp³-hybridized carbons (Fsp3) is 0.320. The first-order valence-electron chi connectivity index (χ1n) is 10.4. The Morgan fingerprint density at radius 1 is 1.17 bits per heavy atom. The zero-order valence-corrected chi connectivity index (χ0v) is 17.8. The molecule has 4 rings (SSSR count). The van der Waals surface area contributed by atoms with Crippen molar-refractivity contribution in [3.05, 3.63) is 71.3 Å².